The second-order valence-corrected chi connectivity index (χ2v) is 8.25. The van der Waals surface area contributed by atoms with Gasteiger partial charge in [-0.3, -0.25) is 4.79 Å². The molecule has 2 heterocycles. The molecule has 0 unspecified atom stereocenters. The van der Waals surface area contributed by atoms with Gasteiger partial charge in [-0.1, -0.05) is 6.07 Å². The maximum atomic E-state index is 11.8. The summed E-state index contributed by atoms with van der Waals surface area (Å²) in [5.74, 6) is 2.94. The Morgan fingerprint density at radius 1 is 1.18 bits per heavy atom. The lowest BCUT2D eigenvalue weighted by molar-refractivity contribution is -0.142. The Morgan fingerprint density at radius 3 is 2.76 bits per heavy atom. The van der Waals surface area contributed by atoms with Crippen LogP contribution in [0, 0.1) is 6.92 Å². The molecule has 0 saturated heterocycles. The highest BCUT2D eigenvalue weighted by Gasteiger charge is 2.21. The number of nitrogens with zero attached hydrogens (tertiary/aromatic N) is 2. The van der Waals surface area contributed by atoms with Crippen LogP contribution in [-0.4, -0.2) is 44.4 Å². The van der Waals surface area contributed by atoms with Crippen molar-refractivity contribution in [1.82, 2.24) is 4.98 Å². The monoisotopic (exact) mass is 464 g/mol. The lowest BCUT2D eigenvalue weighted by Crippen LogP contribution is -2.32. The average Bonchev–Trinajstić information content (AvgIpc) is 3.23. The van der Waals surface area contributed by atoms with Crippen molar-refractivity contribution in [3.63, 3.8) is 0 Å². The third kappa shape index (κ3) is 5.53. The fraction of sp³-hybridized carbons (Fsp3) is 0.407. The lowest BCUT2D eigenvalue weighted by atomic mass is 10.0. The van der Waals surface area contributed by atoms with E-state index in [2.05, 4.69) is 16.0 Å². The first-order valence-electron chi connectivity index (χ1n) is 11.8. The molecule has 7 nitrogen and oxygen atoms in total. The molecule has 0 atom stereocenters. The van der Waals surface area contributed by atoms with Gasteiger partial charge in [0.15, 0.2) is 0 Å². The molecule has 34 heavy (non-hydrogen) atoms. The van der Waals surface area contributed by atoms with Crippen LogP contribution in [0.1, 0.15) is 36.8 Å². The second kappa shape index (κ2) is 11.1. The normalized spacial score (nSPS) is 12.9. The van der Waals surface area contributed by atoms with Gasteiger partial charge in [-0.15, -0.1) is 0 Å². The molecule has 180 valence electrons. The van der Waals surface area contributed by atoms with Crippen LogP contribution in [0.5, 0.6) is 11.5 Å². The summed E-state index contributed by atoms with van der Waals surface area (Å²) in [6, 6.07) is 13.8. The van der Waals surface area contributed by atoms with Crippen LogP contribution >= 0.6 is 0 Å². The largest absolute Gasteiger partial charge is 0.497 e. The smallest absolute Gasteiger partial charge is 0.307 e. The van der Waals surface area contributed by atoms with Crippen molar-refractivity contribution < 1.29 is 23.4 Å². The van der Waals surface area contributed by atoms with Gasteiger partial charge in [0.2, 0.25) is 5.89 Å². The van der Waals surface area contributed by atoms with E-state index >= 15 is 0 Å². The zero-order valence-corrected chi connectivity index (χ0v) is 20.1. The highest BCUT2D eigenvalue weighted by Crippen LogP contribution is 2.34. The zero-order chi connectivity index (χ0) is 23.9. The molecule has 3 aromatic rings. The molecule has 0 spiro atoms. The minimum atomic E-state index is -0.154. The first kappa shape index (κ1) is 23.7. The van der Waals surface area contributed by atoms with E-state index in [4.69, 9.17) is 18.6 Å². The molecule has 2 aromatic carbocycles. The molecule has 1 aromatic heterocycles. The van der Waals surface area contributed by atoms with Crippen molar-refractivity contribution in [3.8, 4) is 23.0 Å². The Labute approximate surface area is 200 Å². The summed E-state index contributed by atoms with van der Waals surface area (Å²) >= 11 is 0. The lowest BCUT2D eigenvalue weighted by Gasteiger charge is -2.32. The number of rotatable bonds is 10. The molecular formula is C27H32N2O5. The summed E-state index contributed by atoms with van der Waals surface area (Å²) in [7, 11) is 1.65. The minimum Gasteiger partial charge on any atom is -0.497 e. The number of benzene rings is 2. The minimum absolute atomic E-state index is 0.154. The number of aryl methyl sites for hydroxylation is 1. The van der Waals surface area contributed by atoms with Gasteiger partial charge in [0, 0.05) is 36.3 Å². The van der Waals surface area contributed by atoms with Gasteiger partial charge in [-0.2, -0.15) is 0 Å². The van der Waals surface area contributed by atoms with Crippen LogP contribution < -0.4 is 14.4 Å². The van der Waals surface area contributed by atoms with Gasteiger partial charge >= 0.3 is 5.97 Å². The Morgan fingerprint density at radius 2 is 2.00 bits per heavy atom. The van der Waals surface area contributed by atoms with Crippen LogP contribution in [0.4, 0.5) is 5.69 Å². The summed E-state index contributed by atoms with van der Waals surface area (Å²) in [6.07, 6.45) is 3.04. The molecule has 0 radical (unpaired) electrons. The number of fused-ring (bicyclic) bond motifs is 1. The van der Waals surface area contributed by atoms with Gasteiger partial charge in [0.1, 0.15) is 17.3 Å². The van der Waals surface area contributed by atoms with E-state index in [0.29, 0.717) is 38.5 Å². The van der Waals surface area contributed by atoms with E-state index in [-0.39, 0.29) is 5.97 Å². The van der Waals surface area contributed by atoms with Crippen LogP contribution in [0.3, 0.4) is 0 Å². The van der Waals surface area contributed by atoms with Crippen molar-refractivity contribution >= 4 is 11.7 Å². The number of hydrogen-bond acceptors (Lipinski definition) is 7. The summed E-state index contributed by atoms with van der Waals surface area (Å²) in [6.45, 7) is 6.28. The van der Waals surface area contributed by atoms with Crippen LogP contribution in [-0.2, 0) is 22.4 Å². The van der Waals surface area contributed by atoms with Gasteiger partial charge in [0.05, 0.1) is 32.4 Å². The molecular weight excluding hydrogens is 432 g/mol. The van der Waals surface area contributed by atoms with E-state index in [0.717, 1.165) is 53.6 Å². The summed E-state index contributed by atoms with van der Waals surface area (Å²) in [5.41, 5.74) is 4.16. The molecule has 0 fully saturated rings. The van der Waals surface area contributed by atoms with E-state index in [1.165, 1.54) is 5.56 Å². The standard InChI is InChI=1S/C27H32N2O5/c1-4-32-26(30)14-17-29-16-6-7-22-24(29)8-5-9-25(22)33-18-15-23-19(2)34-27(28-23)20-10-12-21(31-3)13-11-20/h5,8-13H,4,6-7,14-18H2,1-3H3. The number of esters is 1. The summed E-state index contributed by atoms with van der Waals surface area (Å²) in [5, 5.41) is 0. The first-order valence-corrected chi connectivity index (χ1v) is 11.8. The predicted molar refractivity (Wildman–Crippen MR) is 131 cm³/mol. The molecule has 0 aliphatic carbocycles. The highest BCUT2D eigenvalue weighted by atomic mass is 16.5. The quantitative estimate of drug-likeness (QED) is 0.392. The molecule has 4 rings (SSSR count). The Balaban J connectivity index is 1.39. The number of aromatic nitrogens is 1. The summed E-state index contributed by atoms with van der Waals surface area (Å²) in [4.78, 5) is 18.7. The number of methoxy groups -OCH3 is 1. The molecule has 1 aliphatic rings. The third-order valence-electron chi connectivity index (χ3n) is 6.02. The van der Waals surface area contributed by atoms with Gasteiger partial charge in [-0.05, 0) is 63.1 Å². The maximum absolute atomic E-state index is 11.8. The second-order valence-electron chi connectivity index (χ2n) is 8.25. The van der Waals surface area contributed by atoms with Gasteiger partial charge in [-0.25, -0.2) is 4.98 Å². The van der Waals surface area contributed by atoms with Gasteiger partial charge < -0.3 is 23.5 Å². The van der Waals surface area contributed by atoms with Crippen molar-refractivity contribution in [1.29, 1.82) is 0 Å². The SMILES string of the molecule is CCOC(=O)CCN1CCCc2c(OCCc3nc(-c4ccc(OC)cc4)oc3C)cccc21. The molecule has 7 heteroatoms. The predicted octanol–water partition coefficient (Wildman–Crippen LogP) is 4.99. The number of carbonyl (C=O) groups excluding carboxylic acids is 1. The van der Waals surface area contributed by atoms with E-state index < -0.39 is 0 Å². The third-order valence-corrected chi connectivity index (χ3v) is 6.02. The summed E-state index contributed by atoms with van der Waals surface area (Å²) < 4.78 is 22.4. The molecule has 0 saturated carbocycles. The van der Waals surface area contributed by atoms with Crippen molar-refractivity contribution in [2.45, 2.75) is 39.5 Å². The van der Waals surface area contributed by atoms with Crippen molar-refractivity contribution in [2.24, 2.45) is 0 Å². The fourth-order valence-electron chi connectivity index (χ4n) is 4.27. The number of hydrogen-bond donors (Lipinski definition) is 0. The van der Waals surface area contributed by atoms with Gasteiger partial charge in [0.25, 0.3) is 0 Å². The van der Waals surface area contributed by atoms with Crippen LogP contribution in [0.25, 0.3) is 11.5 Å². The Hall–Kier alpha value is -3.48. The number of carbonyl (C=O) groups is 1. The fourth-order valence-corrected chi connectivity index (χ4v) is 4.27. The first-order chi connectivity index (χ1) is 16.6. The van der Waals surface area contributed by atoms with Crippen molar-refractivity contribution in [3.05, 3.63) is 59.5 Å². The van der Waals surface area contributed by atoms with Crippen molar-refractivity contribution in [2.75, 3.05) is 38.3 Å². The van der Waals surface area contributed by atoms with E-state index in [9.17, 15) is 4.79 Å². The van der Waals surface area contributed by atoms with E-state index in [1.54, 1.807) is 7.11 Å². The molecule has 0 N–H and O–H groups in total. The molecule has 0 amide bonds. The Bertz CT molecular complexity index is 1110. The number of oxazole rings is 1. The maximum Gasteiger partial charge on any atom is 0.307 e. The topological polar surface area (TPSA) is 74.0 Å². The Kier molecular flexibility index (Phi) is 7.72. The highest BCUT2D eigenvalue weighted by molar-refractivity contribution is 5.71. The van der Waals surface area contributed by atoms with Crippen LogP contribution in [0.15, 0.2) is 46.9 Å². The number of ether oxygens (including phenoxy) is 3. The zero-order valence-electron chi connectivity index (χ0n) is 20.1. The van der Waals surface area contributed by atoms with Crippen LogP contribution in [0.2, 0.25) is 0 Å². The van der Waals surface area contributed by atoms with E-state index in [1.807, 2.05) is 50.2 Å². The molecule has 1 aliphatic heterocycles. The number of anilines is 1. The molecule has 0 bridgehead atoms. The average molecular weight is 465 g/mol.